The fourth-order valence-corrected chi connectivity index (χ4v) is 2.93. The molecule has 0 saturated carbocycles. The fraction of sp³-hybridized carbons (Fsp3) is 0.0435. The first-order valence-corrected chi connectivity index (χ1v) is 8.66. The van der Waals surface area contributed by atoms with Crippen LogP contribution in [0.3, 0.4) is 0 Å². The predicted octanol–water partition coefficient (Wildman–Crippen LogP) is 6.26. The summed E-state index contributed by atoms with van der Waals surface area (Å²) in [6.07, 6.45) is 2.17. The molecule has 0 radical (unpaired) electrons. The predicted molar refractivity (Wildman–Crippen MR) is 106 cm³/mol. The topological polar surface area (TPSA) is 0 Å². The second-order valence-corrected chi connectivity index (χ2v) is 6.26. The molecule has 0 bridgehead atoms. The fourth-order valence-electron chi connectivity index (χ4n) is 2.40. The molecule has 0 nitrogen and oxygen atoms in total. The average Bonchev–Trinajstić information content (AvgIpc) is 2.67. The molecule has 0 aromatic heterocycles. The highest BCUT2D eigenvalue weighted by Gasteiger charge is 2.07. The molecule has 0 aliphatic carbocycles. The molecule has 1 unspecified atom stereocenters. The maximum atomic E-state index is 3.70. The molecule has 0 fully saturated rings. The zero-order valence-electron chi connectivity index (χ0n) is 13.2. The zero-order chi connectivity index (χ0) is 16.6. The minimum atomic E-state index is 0.0287. The minimum Gasteiger partial charge on any atom is -0.0854 e. The maximum Gasteiger partial charge on any atom is 0.0650 e. The van der Waals surface area contributed by atoms with Gasteiger partial charge in [-0.3, -0.25) is 0 Å². The summed E-state index contributed by atoms with van der Waals surface area (Å²) in [6, 6.07) is 30.7. The summed E-state index contributed by atoms with van der Waals surface area (Å²) in [5.74, 6) is 6.71. The van der Waals surface area contributed by atoms with Crippen LogP contribution in [0.5, 0.6) is 0 Å². The van der Waals surface area contributed by atoms with Gasteiger partial charge in [-0.1, -0.05) is 113 Å². The van der Waals surface area contributed by atoms with Gasteiger partial charge in [0.05, 0.1) is 5.92 Å². The van der Waals surface area contributed by atoms with Crippen LogP contribution in [0.2, 0.25) is 0 Å². The van der Waals surface area contributed by atoms with Gasteiger partial charge in [-0.15, -0.1) is 0 Å². The van der Waals surface area contributed by atoms with Crippen molar-refractivity contribution >= 4 is 20.4 Å². The highest BCUT2D eigenvalue weighted by molar-refractivity contribution is 9.15. The SMILES string of the molecule is Br/C(=C\C(C#Cc1ccccc1)c1ccccc1)c1ccccc1. The number of hydrogen-bond acceptors (Lipinski definition) is 0. The van der Waals surface area contributed by atoms with E-state index in [1.807, 2.05) is 54.6 Å². The van der Waals surface area contributed by atoms with Crippen molar-refractivity contribution in [3.05, 3.63) is 114 Å². The van der Waals surface area contributed by atoms with Crippen LogP contribution in [0, 0.1) is 11.8 Å². The third-order valence-corrected chi connectivity index (χ3v) is 4.39. The van der Waals surface area contributed by atoms with Crippen LogP contribution < -0.4 is 0 Å². The van der Waals surface area contributed by atoms with Crippen molar-refractivity contribution in [2.24, 2.45) is 0 Å². The minimum absolute atomic E-state index is 0.0287. The van der Waals surface area contributed by atoms with Crippen LogP contribution in [0.1, 0.15) is 22.6 Å². The standard InChI is InChI=1S/C23H17Br/c24-23(21-14-8-3-9-15-21)18-22(20-12-6-2-7-13-20)17-16-19-10-4-1-5-11-19/h1-15,18,22H/b23-18-. The zero-order valence-corrected chi connectivity index (χ0v) is 14.8. The summed E-state index contributed by atoms with van der Waals surface area (Å²) < 4.78 is 1.05. The van der Waals surface area contributed by atoms with Gasteiger partial charge in [0.2, 0.25) is 0 Å². The second-order valence-electron chi connectivity index (χ2n) is 5.40. The Balaban J connectivity index is 1.96. The molecule has 3 aromatic carbocycles. The van der Waals surface area contributed by atoms with Crippen LogP contribution in [0.15, 0.2) is 97.1 Å². The lowest BCUT2D eigenvalue weighted by Gasteiger charge is -2.08. The first kappa shape index (κ1) is 16.3. The Kier molecular flexibility index (Phi) is 5.66. The number of halogens is 1. The molecule has 0 N–H and O–H groups in total. The van der Waals surface area contributed by atoms with Crippen molar-refractivity contribution in [2.45, 2.75) is 5.92 Å². The molecule has 0 heterocycles. The van der Waals surface area contributed by atoms with Crippen LogP contribution in [0.25, 0.3) is 4.48 Å². The molecule has 0 spiro atoms. The lowest BCUT2D eigenvalue weighted by molar-refractivity contribution is 1.13. The Morgan fingerprint density at radius 2 is 1.29 bits per heavy atom. The quantitative estimate of drug-likeness (QED) is 0.476. The number of hydrogen-bond donors (Lipinski definition) is 0. The molecule has 3 aromatic rings. The van der Waals surface area contributed by atoms with Gasteiger partial charge in [-0.25, -0.2) is 0 Å². The lowest BCUT2D eigenvalue weighted by Crippen LogP contribution is -1.93. The van der Waals surface area contributed by atoms with Gasteiger partial charge in [-0.05, 0) is 23.3 Å². The van der Waals surface area contributed by atoms with Crippen molar-refractivity contribution in [3.8, 4) is 11.8 Å². The summed E-state index contributed by atoms with van der Waals surface area (Å²) in [4.78, 5) is 0. The van der Waals surface area contributed by atoms with E-state index in [2.05, 4.69) is 70.2 Å². The molecular weight excluding hydrogens is 356 g/mol. The third-order valence-electron chi connectivity index (χ3n) is 3.67. The van der Waals surface area contributed by atoms with E-state index in [9.17, 15) is 0 Å². The third kappa shape index (κ3) is 4.47. The summed E-state index contributed by atoms with van der Waals surface area (Å²) >= 11 is 3.70. The van der Waals surface area contributed by atoms with Crippen molar-refractivity contribution in [1.82, 2.24) is 0 Å². The van der Waals surface area contributed by atoms with Gasteiger partial charge in [0, 0.05) is 10.0 Å². The van der Waals surface area contributed by atoms with Crippen LogP contribution >= 0.6 is 15.9 Å². The van der Waals surface area contributed by atoms with E-state index in [1.54, 1.807) is 0 Å². The first-order chi connectivity index (χ1) is 11.8. The molecule has 1 heteroatoms. The van der Waals surface area contributed by atoms with Crippen molar-refractivity contribution in [3.63, 3.8) is 0 Å². The van der Waals surface area contributed by atoms with Crippen LogP contribution in [-0.4, -0.2) is 0 Å². The largest absolute Gasteiger partial charge is 0.0854 e. The van der Waals surface area contributed by atoms with E-state index in [-0.39, 0.29) is 5.92 Å². The first-order valence-electron chi connectivity index (χ1n) is 7.87. The highest BCUT2D eigenvalue weighted by Crippen LogP contribution is 2.27. The number of benzene rings is 3. The molecular formula is C23H17Br. The van der Waals surface area contributed by atoms with Crippen molar-refractivity contribution in [1.29, 1.82) is 0 Å². The second kappa shape index (κ2) is 8.34. The van der Waals surface area contributed by atoms with Gasteiger partial charge < -0.3 is 0 Å². The molecule has 0 amide bonds. The van der Waals surface area contributed by atoms with Crippen molar-refractivity contribution in [2.75, 3.05) is 0 Å². The Bertz CT molecular complexity index is 853. The summed E-state index contributed by atoms with van der Waals surface area (Å²) in [6.45, 7) is 0. The van der Waals surface area contributed by atoms with Crippen LogP contribution in [-0.2, 0) is 0 Å². The molecule has 1 atom stereocenters. The average molecular weight is 373 g/mol. The van der Waals surface area contributed by atoms with Gasteiger partial charge in [0.1, 0.15) is 0 Å². The van der Waals surface area contributed by atoms with E-state index in [0.717, 1.165) is 15.6 Å². The monoisotopic (exact) mass is 372 g/mol. The molecule has 24 heavy (non-hydrogen) atoms. The molecule has 0 aliphatic rings. The lowest BCUT2D eigenvalue weighted by atomic mass is 9.98. The Morgan fingerprint density at radius 3 is 1.92 bits per heavy atom. The van der Waals surface area contributed by atoms with E-state index in [4.69, 9.17) is 0 Å². The molecule has 0 aliphatic heterocycles. The van der Waals surface area contributed by atoms with Gasteiger partial charge in [0.15, 0.2) is 0 Å². The Morgan fingerprint density at radius 1 is 0.750 bits per heavy atom. The maximum absolute atomic E-state index is 3.70. The summed E-state index contributed by atoms with van der Waals surface area (Å²) in [5, 5.41) is 0. The molecule has 3 rings (SSSR count). The molecule has 116 valence electrons. The number of rotatable bonds is 3. The van der Waals surface area contributed by atoms with Gasteiger partial charge in [0.25, 0.3) is 0 Å². The summed E-state index contributed by atoms with van der Waals surface area (Å²) in [7, 11) is 0. The highest BCUT2D eigenvalue weighted by atomic mass is 79.9. The molecule has 0 saturated heterocycles. The summed E-state index contributed by atoms with van der Waals surface area (Å²) in [5.41, 5.74) is 3.37. The van der Waals surface area contributed by atoms with E-state index >= 15 is 0 Å². The Hall–Kier alpha value is -2.56. The van der Waals surface area contributed by atoms with Gasteiger partial charge in [-0.2, -0.15) is 0 Å². The van der Waals surface area contributed by atoms with Gasteiger partial charge >= 0.3 is 0 Å². The van der Waals surface area contributed by atoms with E-state index in [0.29, 0.717) is 0 Å². The Labute approximate surface area is 152 Å². The van der Waals surface area contributed by atoms with E-state index < -0.39 is 0 Å². The normalized spacial score (nSPS) is 12.1. The van der Waals surface area contributed by atoms with E-state index in [1.165, 1.54) is 5.56 Å². The van der Waals surface area contributed by atoms with Crippen LogP contribution in [0.4, 0.5) is 0 Å². The van der Waals surface area contributed by atoms with Crippen molar-refractivity contribution < 1.29 is 0 Å². The number of allylic oxidation sites excluding steroid dienone is 1. The smallest absolute Gasteiger partial charge is 0.0650 e.